The van der Waals surface area contributed by atoms with Crippen molar-refractivity contribution < 1.29 is 9.53 Å². The third kappa shape index (κ3) is 5.24. The normalized spacial score (nSPS) is 16.3. The van der Waals surface area contributed by atoms with Gasteiger partial charge in [0.25, 0.3) is 5.91 Å². The second-order valence-corrected chi connectivity index (χ2v) is 7.58. The zero-order valence-corrected chi connectivity index (χ0v) is 15.1. The number of hydrogen-bond donors (Lipinski definition) is 1. The molecule has 23 heavy (non-hydrogen) atoms. The SMILES string of the molecule is CC(CNC(=O)COc1ccccc1C(C)(C)C)N(C)C1CC1. The molecule has 1 aromatic carbocycles. The van der Waals surface area contributed by atoms with Gasteiger partial charge in [0.2, 0.25) is 0 Å². The minimum atomic E-state index is -0.0650. The first kappa shape index (κ1) is 17.8. The number of hydrogen-bond acceptors (Lipinski definition) is 3. The van der Waals surface area contributed by atoms with Crippen molar-refractivity contribution in [3.05, 3.63) is 29.8 Å². The van der Waals surface area contributed by atoms with E-state index < -0.39 is 0 Å². The number of carbonyl (C=O) groups is 1. The largest absolute Gasteiger partial charge is 0.483 e. The Balaban J connectivity index is 1.80. The Hall–Kier alpha value is -1.55. The first-order chi connectivity index (χ1) is 10.8. The maximum absolute atomic E-state index is 12.0. The summed E-state index contributed by atoms with van der Waals surface area (Å²) in [6.07, 6.45) is 2.56. The molecule has 0 bridgehead atoms. The minimum Gasteiger partial charge on any atom is -0.483 e. The molecular weight excluding hydrogens is 288 g/mol. The van der Waals surface area contributed by atoms with Crippen molar-refractivity contribution in [1.82, 2.24) is 10.2 Å². The zero-order valence-electron chi connectivity index (χ0n) is 15.1. The van der Waals surface area contributed by atoms with Crippen LogP contribution in [-0.2, 0) is 10.2 Å². The fraction of sp³-hybridized carbons (Fsp3) is 0.632. The van der Waals surface area contributed by atoms with E-state index in [4.69, 9.17) is 4.74 Å². The molecule has 1 amide bonds. The molecule has 0 aliphatic heterocycles. The Morgan fingerprint density at radius 3 is 2.61 bits per heavy atom. The molecule has 1 fully saturated rings. The van der Waals surface area contributed by atoms with Crippen LogP contribution in [0.3, 0.4) is 0 Å². The summed E-state index contributed by atoms with van der Waals surface area (Å²) in [5.41, 5.74) is 1.11. The van der Waals surface area contributed by atoms with Crippen molar-refractivity contribution >= 4 is 5.91 Å². The monoisotopic (exact) mass is 318 g/mol. The Morgan fingerprint density at radius 2 is 2.00 bits per heavy atom. The van der Waals surface area contributed by atoms with Gasteiger partial charge < -0.3 is 10.1 Å². The molecule has 1 N–H and O–H groups in total. The van der Waals surface area contributed by atoms with Crippen LogP contribution < -0.4 is 10.1 Å². The Kier molecular flexibility index (Phi) is 5.69. The van der Waals surface area contributed by atoms with Gasteiger partial charge in [-0.2, -0.15) is 0 Å². The van der Waals surface area contributed by atoms with Gasteiger partial charge in [-0.25, -0.2) is 0 Å². The summed E-state index contributed by atoms with van der Waals surface area (Å²) in [6.45, 7) is 9.30. The lowest BCUT2D eigenvalue weighted by atomic mass is 9.86. The smallest absolute Gasteiger partial charge is 0.257 e. The van der Waals surface area contributed by atoms with Gasteiger partial charge in [0, 0.05) is 18.6 Å². The number of nitrogens with one attached hydrogen (secondary N) is 1. The van der Waals surface area contributed by atoms with E-state index in [0.29, 0.717) is 18.6 Å². The number of rotatable bonds is 7. The van der Waals surface area contributed by atoms with Crippen LogP contribution in [-0.4, -0.2) is 43.1 Å². The van der Waals surface area contributed by atoms with E-state index in [1.165, 1.54) is 12.8 Å². The third-order valence-electron chi connectivity index (χ3n) is 4.47. The van der Waals surface area contributed by atoms with Gasteiger partial charge in [0.15, 0.2) is 6.61 Å². The lowest BCUT2D eigenvalue weighted by Gasteiger charge is -2.25. The zero-order chi connectivity index (χ0) is 17.0. The van der Waals surface area contributed by atoms with Gasteiger partial charge in [-0.15, -0.1) is 0 Å². The highest BCUT2D eigenvalue weighted by Crippen LogP contribution is 2.30. The Labute approximate surface area is 140 Å². The van der Waals surface area contributed by atoms with Crippen molar-refractivity contribution in [2.45, 2.75) is 58.0 Å². The fourth-order valence-corrected chi connectivity index (χ4v) is 2.65. The highest BCUT2D eigenvalue weighted by molar-refractivity contribution is 5.77. The number of benzene rings is 1. The van der Waals surface area contributed by atoms with Crippen molar-refractivity contribution in [2.24, 2.45) is 0 Å². The van der Waals surface area contributed by atoms with Gasteiger partial charge in [-0.3, -0.25) is 9.69 Å². The molecule has 0 saturated heterocycles. The van der Waals surface area contributed by atoms with Crippen LogP contribution in [0.1, 0.15) is 46.1 Å². The second-order valence-electron chi connectivity index (χ2n) is 7.58. The average Bonchev–Trinajstić information content (AvgIpc) is 3.34. The van der Waals surface area contributed by atoms with E-state index in [2.05, 4.69) is 51.0 Å². The predicted octanol–water partition coefficient (Wildman–Crippen LogP) is 2.96. The van der Waals surface area contributed by atoms with E-state index in [-0.39, 0.29) is 17.9 Å². The van der Waals surface area contributed by atoms with Gasteiger partial charge in [-0.1, -0.05) is 39.0 Å². The van der Waals surface area contributed by atoms with Crippen LogP contribution in [0.2, 0.25) is 0 Å². The summed E-state index contributed by atoms with van der Waals surface area (Å²) in [4.78, 5) is 14.4. The Bertz CT molecular complexity index is 532. The number of amides is 1. The summed E-state index contributed by atoms with van der Waals surface area (Å²) in [5.74, 6) is 0.725. The minimum absolute atomic E-state index is 0.00540. The lowest BCUT2D eigenvalue weighted by Crippen LogP contribution is -2.42. The van der Waals surface area contributed by atoms with Gasteiger partial charge >= 0.3 is 0 Å². The number of carbonyl (C=O) groups excluding carboxylic acids is 1. The Morgan fingerprint density at radius 1 is 1.35 bits per heavy atom. The molecule has 128 valence electrons. The second kappa shape index (κ2) is 7.35. The molecule has 0 radical (unpaired) electrons. The van der Waals surface area contributed by atoms with E-state index in [0.717, 1.165) is 11.3 Å². The number of likely N-dealkylation sites (N-methyl/N-ethyl adjacent to an activating group) is 1. The van der Waals surface area contributed by atoms with Crippen LogP contribution >= 0.6 is 0 Å². The van der Waals surface area contributed by atoms with E-state index >= 15 is 0 Å². The molecule has 1 aromatic rings. The molecule has 2 rings (SSSR count). The van der Waals surface area contributed by atoms with E-state index in [1.54, 1.807) is 0 Å². The first-order valence-electron chi connectivity index (χ1n) is 8.50. The van der Waals surface area contributed by atoms with E-state index in [1.807, 2.05) is 18.2 Å². The van der Waals surface area contributed by atoms with Crippen LogP contribution in [0.15, 0.2) is 24.3 Å². The lowest BCUT2D eigenvalue weighted by molar-refractivity contribution is -0.123. The molecule has 4 nitrogen and oxygen atoms in total. The summed E-state index contributed by atoms with van der Waals surface area (Å²) < 4.78 is 5.75. The average molecular weight is 318 g/mol. The molecule has 0 aromatic heterocycles. The number of para-hydroxylation sites is 1. The molecule has 0 spiro atoms. The highest BCUT2D eigenvalue weighted by atomic mass is 16.5. The highest BCUT2D eigenvalue weighted by Gasteiger charge is 2.29. The van der Waals surface area contributed by atoms with Gasteiger partial charge in [0.05, 0.1) is 0 Å². The van der Waals surface area contributed by atoms with Crippen molar-refractivity contribution in [3.63, 3.8) is 0 Å². The van der Waals surface area contributed by atoms with Gasteiger partial charge in [-0.05, 0) is 43.9 Å². The summed E-state index contributed by atoms with van der Waals surface area (Å²) in [7, 11) is 2.13. The molecule has 1 saturated carbocycles. The van der Waals surface area contributed by atoms with E-state index in [9.17, 15) is 4.79 Å². The molecular formula is C19H30N2O2. The molecule has 1 atom stereocenters. The maximum atomic E-state index is 12.0. The van der Waals surface area contributed by atoms with Crippen LogP contribution in [0.25, 0.3) is 0 Å². The molecule has 4 heteroatoms. The van der Waals surface area contributed by atoms with Crippen molar-refractivity contribution in [1.29, 1.82) is 0 Å². The van der Waals surface area contributed by atoms with Crippen LogP contribution in [0.5, 0.6) is 5.75 Å². The first-order valence-corrected chi connectivity index (χ1v) is 8.50. The van der Waals surface area contributed by atoms with Crippen molar-refractivity contribution in [2.75, 3.05) is 20.2 Å². The summed E-state index contributed by atoms with van der Waals surface area (Å²) >= 11 is 0. The summed E-state index contributed by atoms with van der Waals surface area (Å²) in [6, 6.07) is 8.99. The third-order valence-corrected chi connectivity index (χ3v) is 4.47. The number of nitrogens with zero attached hydrogens (tertiary/aromatic N) is 1. The number of ether oxygens (including phenoxy) is 1. The standard InChI is InChI=1S/C19H30N2O2/c1-14(21(5)15-10-11-15)12-20-18(22)13-23-17-9-7-6-8-16(17)19(2,3)4/h6-9,14-15H,10-13H2,1-5H3,(H,20,22). The molecule has 0 heterocycles. The van der Waals surface area contributed by atoms with Crippen molar-refractivity contribution in [3.8, 4) is 5.75 Å². The predicted molar refractivity (Wildman–Crippen MR) is 93.9 cm³/mol. The topological polar surface area (TPSA) is 41.6 Å². The van der Waals surface area contributed by atoms with Crippen LogP contribution in [0.4, 0.5) is 0 Å². The summed E-state index contributed by atoms with van der Waals surface area (Å²) in [5, 5.41) is 2.97. The molecule has 1 aliphatic rings. The molecule has 1 unspecified atom stereocenters. The van der Waals surface area contributed by atoms with Gasteiger partial charge in [0.1, 0.15) is 5.75 Å². The maximum Gasteiger partial charge on any atom is 0.257 e. The fourth-order valence-electron chi connectivity index (χ4n) is 2.65. The van der Waals surface area contributed by atoms with Crippen LogP contribution in [0, 0.1) is 0 Å². The molecule has 1 aliphatic carbocycles. The quantitative estimate of drug-likeness (QED) is 0.840.